The maximum atomic E-state index is 5.85. The molecule has 1 fully saturated rings. The Morgan fingerprint density at radius 1 is 1.41 bits per heavy atom. The van der Waals surface area contributed by atoms with E-state index in [-0.39, 0.29) is 0 Å². The molecule has 2 atom stereocenters. The Morgan fingerprint density at radius 3 is 2.88 bits per heavy atom. The Labute approximate surface area is 105 Å². The normalized spacial score (nSPS) is 23.8. The molecule has 0 aromatic heterocycles. The number of rotatable bonds is 8. The highest BCUT2D eigenvalue weighted by molar-refractivity contribution is 4.79. The first-order chi connectivity index (χ1) is 8.31. The fraction of sp³-hybridized carbons (Fsp3) is 1.00. The predicted octanol–water partition coefficient (Wildman–Crippen LogP) is 1.10. The lowest BCUT2D eigenvalue weighted by atomic mass is 9.94. The maximum absolute atomic E-state index is 5.85. The van der Waals surface area contributed by atoms with Crippen LogP contribution in [0.4, 0.5) is 0 Å². The lowest BCUT2D eigenvalue weighted by Crippen LogP contribution is -2.48. The monoisotopic (exact) mass is 244 g/mol. The van der Waals surface area contributed by atoms with Crippen molar-refractivity contribution in [1.82, 2.24) is 4.90 Å². The van der Waals surface area contributed by atoms with Gasteiger partial charge in [-0.1, -0.05) is 13.3 Å². The van der Waals surface area contributed by atoms with Crippen LogP contribution in [0.15, 0.2) is 0 Å². The SMILES string of the molecule is CCC1CCCN(C(CN)COCCOC)C1. The van der Waals surface area contributed by atoms with E-state index in [0.717, 1.165) is 12.5 Å². The number of hydrogen-bond acceptors (Lipinski definition) is 4. The summed E-state index contributed by atoms with van der Waals surface area (Å²) in [4.78, 5) is 2.50. The largest absolute Gasteiger partial charge is 0.382 e. The van der Waals surface area contributed by atoms with Crippen molar-refractivity contribution in [2.75, 3.05) is 46.6 Å². The fourth-order valence-corrected chi connectivity index (χ4v) is 2.45. The van der Waals surface area contributed by atoms with Crippen molar-refractivity contribution >= 4 is 0 Å². The number of nitrogens with zero attached hydrogens (tertiary/aromatic N) is 1. The van der Waals surface area contributed by atoms with Crippen LogP contribution in [0, 0.1) is 5.92 Å². The van der Waals surface area contributed by atoms with E-state index >= 15 is 0 Å². The third-order valence-corrected chi connectivity index (χ3v) is 3.66. The fourth-order valence-electron chi connectivity index (χ4n) is 2.45. The van der Waals surface area contributed by atoms with Gasteiger partial charge < -0.3 is 15.2 Å². The molecular formula is C13H28N2O2. The lowest BCUT2D eigenvalue weighted by molar-refractivity contribution is 0.0194. The van der Waals surface area contributed by atoms with E-state index in [0.29, 0.717) is 25.8 Å². The van der Waals surface area contributed by atoms with Gasteiger partial charge in [0.05, 0.1) is 19.8 Å². The first kappa shape index (κ1) is 14.9. The van der Waals surface area contributed by atoms with Gasteiger partial charge in [-0.05, 0) is 25.3 Å². The van der Waals surface area contributed by atoms with Crippen molar-refractivity contribution in [3.8, 4) is 0 Å². The molecule has 0 aliphatic carbocycles. The highest BCUT2D eigenvalue weighted by atomic mass is 16.5. The van der Waals surface area contributed by atoms with Gasteiger partial charge in [-0.15, -0.1) is 0 Å². The summed E-state index contributed by atoms with van der Waals surface area (Å²) in [5, 5.41) is 0. The molecule has 0 bridgehead atoms. The van der Waals surface area contributed by atoms with Crippen LogP contribution in [-0.4, -0.2) is 57.5 Å². The molecule has 4 nitrogen and oxygen atoms in total. The smallest absolute Gasteiger partial charge is 0.0701 e. The van der Waals surface area contributed by atoms with Crippen LogP contribution in [0.25, 0.3) is 0 Å². The van der Waals surface area contributed by atoms with E-state index in [9.17, 15) is 0 Å². The quantitative estimate of drug-likeness (QED) is 0.650. The minimum atomic E-state index is 0.376. The number of ether oxygens (including phenoxy) is 2. The zero-order valence-corrected chi connectivity index (χ0v) is 11.4. The van der Waals surface area contributed by atoms with Gasteiger partial charge in [0.15, 0.2) is 0 Å². The van der Waals surface area contributed by atoms with Crippen molar-refractivity contribution in [1.29, 1.82) is 0 Å². The van der Waals surface area contributed by atoms with Gasteiger partial charge in [0.1, 0.15) is 0 Å². The van der Waals surface area contributed by atoms with Crippen LogP contribution < -0.4 is 5.73 Å². The van der Waals surface area contributed by atoms with Crippen molar-refractivity contribution in [2.24, 2.45) is 11.7 Å². The second-order valence-corrected chi connectivity index (χ2v) is 4.87. The van der Waals surface area contributed by atoms with Crippen LogP contribution in [0.2, 0.25) is 0 Å². The van der Waals surface area contributed by atoms with Gasteiger partial charge in [0.25, 0.3) is 0 Å². The van der Waals surface area contributed by atoms with E-state index in [2.05, 4.69) is 11.8 Å². The topological polar surface area (TPSA) is 47.7 Å². The van der Waals surface area contributed by atoms with Crippen LogP contribution in [-0.2, 0) is 9.47 Å². The molecule has 0 spiro atoms. The van der Waals surface area contributed by atoms with Crippen LogP contribution in [0.1, 0.15) is 26.2 Å². The maximum Gasteiger partial charge on any atom is 0.0701 e. The van der Waals surface area contributed by atoms with Gasteiger partial charge in [0.2, 0.25) is 0 Å². The molecule has 0 saturated carbocycles. The van der Waals surface area contributed by atoms with Crippen LogP contribution in [0.3, 0.4) is 0 Å². The Kier molecular flexibility index (Phi) is 7.77. The Bertz CT molecular complexity index is 190. The summed E-state index contributed by atoms with van der Waals surface area (Å²) in [5.74, 6) is 0.844. The molecule has 0 amide bonds. The van der Waals surface area contributed by atoms with Gasteiger partial charge in [-0.25, -0.2) is 0 Å². The number of methoxy groups -OCH3 is 1. The molecule has 2 N–H and O–H groups in total. The van der Waals surface area contributed by atoms with E-state index in [4.69, 9.17) is 15.2 Å². The molecule has 1 heterocycles. The summed E-state index contributed by atoms with van der Waals surface area (Å²) < 4.78 is 10.6. The molecule has 4 heteroatoms. The highest BCUT2D eigenvalue weighted by Gasteiger charge is 2.24. The standard InChI is InChI=1S/C13H28N2O2/c1-3-12-5-4-6-15(10-12)13(9-14)11-17-8-7-16-2/h12-13H,3-11,14H2,1-2H3. The van der Waals surface area contributed by atoms with Gasteiger partial charge in [0, 0.05) is 26.2 Å². The number of nitrogens with two attached hydrogens (primary N) is 1. The second kappa shape index (κ2) is 8.86. The molecule has 1 rings (SSSR count). The van der Waals surface area contributed by atoms with E-state index in [1.165, 1.54) is 32.4 Å². The summed E-state index contributed by atoms with van der Waals surface area (Å²) in [6, 6.07) is 0.376. The average Bonchev–Trinajstić information content (AvgIpc) is 2.39. The molecule has 0 aromatic carbocycles. The van der Waals surface area contributed by atoms with E-state index in [1.807, 2.05) is 0 Å². The summed E-state index contributed by atoms with van der Waals surface area (Å²) in [7, 11) is 1.69. The number of likely N-dealkylation sites (tertiary alicyclic amines) is 1. The summed E-state index contributed by atoms with van der Waals surface area (Å²) in [6.45, 7) is 7.38. The van der Waals surface area contributed by atoms with E-state index < -0.39 is 0 Å². The van der Waals surface area contributed by atoms with Gasteiger partial charge >= 0.3 is 0 Å². The molecule has 102 valence electrons. The third-order valence-electron chi connectivity index (χ3n) is 3.66. The average molecular weight is 244 g/mol. The van der Waals surface area contributed by atoms with Gasteiger partial charge in [-0.3, -0.25) is 4.90 Å². The zero-order valence-electron chi connectivity index (χ0n) is 11.4. The number of piperidine rings is 1. The molecule has 1 aliphatic heterocycles. The predicted molar refractivity (Wildman–Crippen MR) is 70.1 cm³/mol. The Balaban J connectivity index is 2.27. The minimum Gasteiger partial charge on any atom is -0.382 e. The highest BCUT2D eigenvalue weighted by Crippen LogP contribution is 2.20. The minimum absolute atomic E-state index is 0.376. The second-order valence-electron chi connectivity index (χ2n) is 4.87. The lowest BCUT2D eigenvalue weighted by Gasteiger charge is -2.37. The first-order valence-electron chi connectivity index (χ1n) is 6.82. The molecule has 0 radical (unpaired) electrons. The Morgan fingerprint density at radius 2 is 2.24 bits per heavy atom. The summed E-state index contributed by atoms with van der Waals surface area (Å²) in [6.07, 6.45) is 3.94. The summed E-state index contributed by atoms with van der Waals surface area (Å²) >= 11 is 0. The van der Waals surface area contributed by atoms with Crippen molar-refractivity contribution in [3.05, 3.63) is 0 Å². The zero-order chi connectivity index (χ0) is 12.5. The molecule has 1 aliphatic rings. The molecule has 2 unspecified atom stereocenters. The molecular weight excluding hydrogens is 216 g/mol. The van der Waals surface area contributed by atoms with Crippen molar-refractivity contribution in [3.63, 3.8) is 0 Å². The molecule has 17 heavy (non-hydrogen) atoms. The van der Waals surface area contributed by atoms with Crippen LogP contribution >= 0.6 is 0 Å². The summed E-state index contributed by atoms with van der Waals surface area (Å²) in [5.41, 5.74) is 5.85. The van der Waals surface area contributed by atoms with Crippen molar-refractivity contribution < 1.29 is 9.47 Å². The Hall–Kier alpha value is -0.160. The first-order valence-corrected chi connectivity index (χ1v) is 6.82. The van der Waals surface area contributed by atoms with Gasteiger partial charge in [-0.2, -0.15) is 0 Å². The molecule has 0 aromatic rings. The van der Waals surface area contributed by atoms with E-state index in [1.54, 1.807) is 7.11 Å². The number of hydrogen-bond donors (Lipinski definition) is 1. The van der Waals surface area contributed by atoms with Crippen molar-refractivity contribution in [2.45, 2.75) is 32.2 Å². The van der Waals surface area contributed by atoms with Crippen LogP contribution in [0.5, 0.6) is 0 Å². The molecule has 1 saturated heterocycles. The third kappa shape index (κ3) is 5.34.